The molecule has 2 atom stereocenters. The molecule has 0 bridgehead atoms. The van der Waals surface area contributed by atoms with Crippen molar-refractivity contribution in [3.8, 4) is 0 Å². The molecule has 3 aliphatic rings. The molecule has 1 aliphatic carbocycles. The number of hydrogen-bond acceptors (Lipinski definition) is 3. The Labute approximate surface area is 116 Å². The third-order valence-corrected chi connectivity index (χ3v) is 6.91. The zero-order valence-electron chi connectivity index (χ0n) is 12.0. The molecule has 3 heteroatoms. The first-order valence-corrected chi connectivity index (χ1v) is 8.98. The summed E-state index contributed by atoms with van der Waals surface area (Å²) in [5, 5.41) is 0. The maximum atomic E-state index is 2.81. The molecular formula is C15H28N2S. The zero-order chi connectivity index (χ0) is 12.6. The Morgan fingerprint density at radius 1 is 1.17 bits per heavy atom. The van der Waals surface area contributed by atoms with E-state index in [0.29, 0.717) is 4.75 Å². The predicted molar refractivity (Wildman–Crippen MR) is 80.3 cm³/mol. The van der Waals surface area contributed by atoms with Gasteiger partial charge in [0, 0.05) is 36.5 Å². The minimum Gasteiger partial charge on any atom is -0.298 e. The number of thioether (sulfide) groups is 1. The SMILES string of the molecule is CSC1(CN2CC3CCCN3CC2C)CCCC1. The Hall–Kier alpha value is 0.270. The van der Waals surface area contributed by atoms with Crippen molar-refractivity contribution in [2.45, 2.75) is 62.3 Å². The highest BCUT2D eigenvalue weighted by Crippen LogP contribution is 2.41. The van der Waals surface area contributed by atoms with Crippen LogP contribution >= 0.6 is 11.8 Å². The first-order valence-electron chi connectivity index (χ1n) is 7.76. The van der Waals surface area contributed by atoms with Gasteiger partial charge in [0.2, 0.25) is 0 Å². The first kappa shape index (κ1) is 13.3. The molecule has 2 aliphatic heterocycles. The second-order valence-electron chi connectivity index (χ2n) is 6.66. The van der Waals surface area contributed by atoms with Crippen LogP contribution in [0.3, 0.4) is 0 Å². The van der Waals surface area contributed by atoms with Gasteiger partial charge in [-0.25, -0.2) is 0 Å². The average Bonchev–Trinajstić information content (AvgIpc) is 2.99. The molecule has 0 aromatic heterocycles. The van der Waals surface area contributed by atoms with Crippen molar-refractivity contribution in [1.82, 2.24) is 9.80 Å². The van der Waals surface area contributed by atoms with Crippen LogP contribution in [0.4, 0.5) is 0 Å². The third-order valence-electron chi connectivity index (χ3n) is 5.51. The van der Waals surface area contributed by atoms with E-state index < -0.39 is 0 Å². The Bertz CT molecular complexity index is 288. The zero-order valence-corrected chi connectivity index (χ0v) is 12.8. The highest BCUT2D eigenvalue weighted by atomic mass is 32.2. The van der Waals surface area contributed by atoms with Crippen molar-refractivity contribution in [3.63, 3.8) is 0 Å². The highest BCUT2D eigenvalue weighted by molar-refractivity contribution is 8.00. The molecule has 0 N–H and O–H groups in total. The molecule has 0 amide bonds. The van der Waals surface area contributed by atoms with E-state index in [-0.39, 0.29) is 0 Å². The van der Waals surface area contributed by atoms with Crippen LogP contribution in [0.1, 0.15) is 45.4 Å². The topological polar surface area (TPSA) is 6.48 Å². The van der Waals surface area contributed by atoms with E-state index in [1.807, 2.05) is 0 Å². The van der Waals surface area contributed by atoms with Gasteiger partial charge in [-0.2, -0.15) is 11.8 Å². The monoisotopic (exact) mass is 268 g/mol. The number of piperazine rings is 1. The van der Waals surface area contributed by atoms with Gasteiger partial charge in [-0.15, -0.1) is 0 Å². The van der Waals surface area contributed by atoms with Crippen LogP contribution in [0, 0.1) is 0 Å². The van der Waals surface area contributed by atoms with Crippen LogP contribution in [-0.2, 0) is 0 Å². The standard InChI is InChI=1S/C15H28N2S/c1-13-10-16-9-5-6-14(16)11-17(13)12-15(18-2)7-3-4-8-15/h13-14H,3-12H2,1-2H3. The maximum Gasteiger partial charge on any atom is 0.0284 e. The maximum absolute atomic E-state index is 2.81. The fraction of sp³-hybridized carbons (Fsp3) is 1.00. The van der Waals surface area contributed by atoms with E-state index in [1.165, 1.54) is 64.7 Å². The molecule has 1 saturated carbocycles. The van der Waals surface area contributed by atoms with Gasteiger partial charge < -0.3 is 0 Å². The molecule has 0 spiro atoms. The fourth-order valence-corrected chi connectivity index (χ4v) is 5.28. The average molecular weight is 268 g/mol. The Balaban J connectivity index is 1.64. The second-order valence-corrected chi connectivity index (χ2v) is 7.94. The summed E-state index contributed by atoms with van der Waals surface area (Å²) < 4.78 is 0.592. The molecule has 2 nitrogen and oxygen atoms in total. The lowest BCUT2D eigenvalue weighted by Crippen LogP contribution is -2.57. The van der Waals surface area contributed by atoms with E-state index in [1.54, 1.807) is 0 Å². The van der Waals surface area contributed by atoms with Gasteiger partial charge in [0.05, 0.1) is 0 Å². The quantitative estimate of drug-likeness (QED) is 0.777. The molecule has 18 heavy (non-hydrogen) atoms. The molecule has 3 fully saturated rings. The molecular weight excluding hydrogens is 240 g/mol. The molecule has 3 rings (SSSR count). The summed E-state index contributed by atoms with van der Waals surface area (Å²) in [5.41, 5.74) is 0. The smallest absolute Gasteiger partial charge is 0.0284 e. The van der Waals surface area contributed by atoms with Gasteiger partial charge in [0.25, 0.3) is 0 Å². The molecule has 104 valence electrons. The van der Waals surface area contributed by atoms with Gasteiger partial charge in [-0.1, -0.05) is 12.8 Å². The minimum atomic E-state index is 0.592. The van der Waals surface area contributed by atoms with Gasteiger partial charge in [0.15, 0.2) is 0 Å². The molecule has 2 saturated heterocycles. The largest absolute Gasteiger partial charge is 0.298 e. The normalized spacial score (nSPS) is 37.0. The second kappa shape index (κ2) is 5.34. The Kier molecular flexibility index (Phi) is 3.93. The van der Waals surface area contributed by atoms with Crippen molar-refractivity contribution in [2.24, 2.45) is 0 Å². The number of fused-ring (bicyclic) bond motifs is 1. The molecule has 2 unspecified atom stereocenters. The van der Waals surface area contributed by atoms with Crippen LogP contribution in [-0.4, -0.2) is 59.1 Å². The molecule has 2 heterocycles. The number of hydrogen-bond donors (Lipinski definition) is 0. The van der Waals surface area contributed by atoms with Crippen molar-refractivity contribution >= 4 is 11.8 Å². The summed E-state index contributed by atoms with van der Waals surface area (Å²) in [4.78, 5) is 5.55. The minimum absolute atomic E-state index is 0.592. The first-order chi connectivity index (χ1) is 8.72. The van der Waals surface area contributed by atoms with Gasteiger partial charge in [0.1, 0.15) is 0 Å². The van der Waals surface area contributed by atoms with E-state index in [0.717, 1.165) is 12.1 Å². The van der Waals surface area contributed by atoms with Crippen LogP contribution in [0.15, 0.2) is 0 Å². The van der Waals surface area contributed by atoms with E-state index in [2.05, 4.69) is 34.7 Å². The predicted octanol–water partition coefficient (Wildman–Crippen LogP) is 2.83. The van der Waals surface area contributed by atoms with Gasteiger partial charge in [-0.3, -0.25) is 9.80 Å². The van der Waals surface area contributed by atoms with E-state index in [9.17, 15) is 0 Å². The van der Waals surface area contributed by atoms with Crippen LogP contribution in [0.25, 0.3) is 0 Å². The van der Waals surface area contributed by atoms with Crippen molar-refractivity contribution in [1.29, 1.82) is 0 Å². The fourth-order valence-electron chi connectivity index (χ4n) is 4.28. The van der Waals surface area contributed by atoms with Gasteiger partial charge >= 0.3 is 0 Å². The van der Waals surface area contributed by atoms with Crippen LogP contribution in [0.2, 0.25) is 0 Å². The van der Waals surface area contributed by atoms with E-state index in [4.69, 9.17) is 0 Å². The third kappa shape index (κ3) is 2.46. The van der Waals surface area contributed by atoms with E-state index >= 15 is 0 Å². The number of nitrogens with zero attached hydrogens (tertiary/aromatic N) is 2. The van der Waals surface area contributed by atoms with Crippen molar-refractivity contribution < 1.29 is 0 Å². The summed E-state index contributed by atoms with van der Waals surface area (Å²) >= 11 is 2.15. The number of rotatable bonds is 3. The van der Waals surface area contributed by atoms with Crippen LogP contribution in [0.5, 0.6) is 0 Å². The lowest BCUT2D eigenvalue weighted by atomic mass is 10.0. The Morgan fingerprint density at radius 3 is 2.67 bits per heavy atom. The lowest BCUT2D eigenvalue weighted by molar-refractivity contribution is 0.0527. The molecule has 0 aromatic carbocycles. The Morgan fingerprint density at radius 2 is 1.94 bits per heavy atom. The summed E-state index contributed by atoms with van der Waals surface area (Å²) in [5.74, 6) is 0. The highest BCUT2D eigenvalue weighted by Gasteiger charge is 2.40. The summed E-state index contributed by atoms with van der Waals surface area (Å²) in [7, 11) is 0. The molecule has 0 radical (unpaired) electrons. The summed E-state index contributed by atoms with van der Waals surface area (Å²) in [6.45, 7) is 7.80. The van der Waals surface area contributed by atoms with Gasteiger partial charge in [-0.05, 0) is 45.4 Å². The van der Waals surface area contributed by atoms with Crippen molar-refractivity contribution in [3.05, 3.63) is 0 Å². The lowest BCUT2D eigenvalue weighted by Gasteiger charge is -2.45. The van der Waals surface area contributed by atoms with Crippen molar-refractivity contribution in [2.75, 3.05) is 32.4 Å². The summed E-state index contributed by atoms with van der Waals surface area (Å²) in [6.07, 6.45) is 11.0. The molecule has 0 aromatic rings. The summed E-state index contributed by atoms with van der Waals surface area (Å²) in [6, 6.07) is 1.64. The van der Waals surface area contributed by atoms with Crippen LogP contribution < -0.4 is 0 Å².